The maximum atomic E-state index is 13.2. The van der Waals surface area contributed by atoms with E-state index in [1.165, 1.54) is 0 Å². The SMILES string of the molecule is CCCCCC[C@H](O[Si](C)(C)C(C)(C)C)[C@H]([N+](=O)[O-])C(F)(F)F. The van der Waals surface area contributed by atoms with Gasteiger partial charge in [0.1, 0.15) is 6.10 Å². The lowest BCUT2D eigenvalue weighted by atomic mass is 10.0. The predicted molar refractivity (Wildman–Crippen MR) is 87.7 cm³/mol. The summed E-state index contributed by atoms with van der Waals surface area (Å²) < 4.78 is 45.3. The molecule has 0 heterocycles. The third-order valence-electron chi connectivity index (χ3n) is 4.51. The number of halogens is 3. The van der Waals surface area contributed by atoms with Crippen molar-refractivity contribution in [1.82, 2.24) is 0 Å². The van der Waals surface area contributed by atoms with Crippen molar-refractivity contribution in [1.29, 1.82) is 0 Å². The van der Waals surface area contributed by atoms with Gasteiger partial charge >= 0.3 is 12.2 Å². The van der Waals surface area contributed by atoms with Gasteiger partial charge in [-0.15, -0.1) is 0 Å². The zero-order valence-electron chi connectivity index (χ0n) is 15.0. The van der Waals surface area contributed by atoms with Gasteiger partial charge in [0.25, 0.3) is 0 Å². The fraction of sp³-hybridized carbons (Fsp3) is 1.00. The van der Waals surface area contributed by atoms with Gasteiger partial charge in [-0.25, -0.2) is 0 Å². The smallest absolute Gasteiger partial charge is 0.407 e. The fourth-order valence-corrected chi connectivity index (χ4v) is 3.43. The second-order valence-corrected chi connectivity index (χ2v) is 12.3. The van der Waals surface area contributed by atoms with Crippen molar-refractivity contribution in [3.05, 3.63) is 10.1 Å². The van der Waals surface area contributed by atoms with Gasteiger partial charge in [0, 0.05) is 4.92 Å². The van der Waals surface area contributed by atoms with E-state index in [9.17, 15) is 23.3 Å². The number of rotatable bonds is 9. The number of unbranched alkanes of at least 4 members (excludes halogenated alkanes) is 3. The minimum Gasteiger partial charge on any atom is -0.407 e. The van der Waals surface area contributed by atoms with Crippen molar-refractivity contribution >= 4 is 8.32 Å². The van der Waals surface area contributed by atoms with Crippen LogP contribution < -0.4 is 0 Å². The summed E-state index contributed by atoms with van der Waals surface area (Å²) in [5, 5.41) is 10.7. The summed E-state index contributed by atoms with van der Waals surface area (Å²) >= 11 is 0. The van der Waals surface area contributed by atoms with Crippen LogP contribution >= 0.6 is 0 Å². The van der Waals surface area contributed by atoms with Gasteiger partial charge < -0.3 is 4.43 Å². The first-order valence-corrected chi connectivity index (χ1v) is 11.0. The number of nitro groups is 1. The van der Waals surface area contributed by atoms with Crippen molar-refractivity contribution in [2.45, 2.75) is 96.3 Å². The van der Waals surface area contributed by atoms with Crippen molar-refractivity contribution in [3.8, 4) is 0 Å². The lowest BCUT2D eigenvalue weighted by molar-refractivity contribution is -0.573. The number of hydrogen-bond donors (Lipinski definition) is 0. The maximum absolute atomic E-state index is 13.2. The average molecular weight is 357 g/mol. The summed E-state index contributed by atoms with van der Waals surface area (Å²) in [5.41, 5.74) is 0. The Labute approximate surface area is 138 Å². The maximum Gasteiger partial charge on any atom is 0.460 e. The van der Waals surface area contributed by atoms with E-state index in [-0.39, 0.29) is 11.5 Å². The van der Waals surface area contributed by atoms with Crippen LogP contribution in [0.4, 0.5) is 13.2 Å². The minimum atomic E-state index is -4.90. The highest BCUT2D eigenvalue weighted by Crippen LogP contribution is 2.40. The highest BCUT2D eigenvalue weighted by Gasteiger charge is 2.56. The summed E-state index contributed by atoms with van der Waals surface area (Å²) in [6, 6.07) is -2.65. The lowest BCUT2D eigenvalue weighted by Gasteiger charge is -2.39. The predicted octanol–water partition coefficient (Wildman–Crippen LogP) is 5.55. The van der Waals surface area contributed by atoms with E-state index in [4.69, 9.17) is 4.43 Å². The molecule has 138 valence electrons. The van der Waals surface area contributed by atoms with Crippen LogP contribution in [0.5, 0.6) is 0 Å². The highest BCUT2D eigenvalue weighted by molar-refractivity contribution is 6.74. The first-order chi connectivity index (χ1) is 10.2. The molecule has 0 aliphatic carbocycles. The Morgan fingerprint density at radius 1 is 1.13 bits per heavy atom. The normalized spacial score (nSPS) is 16.2. The Balaban J connectivity index is 5.33. The zero-order chi connectivity index (χ0) is 18.5. The second-order valence-electron chi connectivity index (χ2n) is 7.54. The van der Waals surface area contributed by atoms with Crippen LogP contribution in [0.25, 0.3) is 0 Å². The van der Waals surface area contributed by atoms with Gasteiger partial charge in [0.05, 0.1) is 0 Å². The first kappa shape index (κ1) is 22.4. The molecule has 0 radical (unpaired) electrons. The molecule has 4 nitrogen and oxygen atoms in total. The number of hydrogen-bond acceptors (Lipinski definition) is 3. The molecule has 0 amide bonds. The van der Waals surface area contributed by atoms with Gasteiger partial charge in [-0.3, -0.25) is 10.1 Å². The van der Waals surface area contributed by atoms with Crippen molar-refractivity contribution < 1.29 is 22.5 Å². The highest BCUT2D eigenvalue weighted by atomic mass is 28.4. The summed E-state index contributed by atoms with van der Waals surface area (Å²) in [6.07, 6.45) is -3.13. The molecule has 0 aromatic rings. The molecule has 0 fully saturated rings. The summed E-state index contributed by atoms with van der Waals surface area (Å²) in [4.78, 5) is 9.79. The average Bonchev–Trinajstić information content (AvgIpc) is 2.30. The van der Waals surface area contributed by atoms with Gasteiger partial charge in [0.15, 0.2) is 8.32 Å². The summed E-state index contributed by atoms with van der Waals surface area (Å²) in [5.74, 6) is 0. The molecule has 23 heavy (non-hydrogen) atoms. The Hall–Kier alpha value is -0.633. The van der Waals surface area contributed by atoms with Crippen LogP contribution in [0.15, 0.2) is 0 Å². The molecule has 0 saturated carbocycles. The van der Waals surface area contributed by atoms with Crippen LogP contribution in [0.2, 0.25) is 18.1 Å². The Morgan fingerprint density at radius 3 is 2.00 bits per heavy atom. The first-order valence-electron chi connectivity index (χ1n) is 8.12. The Kier molecular flexibility index (Phi) is 8.23. The van der Waals surface area contributed by atoms with Crippen LogP contribution in [-0.2, 0) is 4.43 Å². The van der Waals surface area contributed by atoms with Gasteiger partial charge in [-0.2, -0.15) is 13.2 Å². The van der Waals surface area contributed by atoms with E-state index < -0.39 is 31.6 Å². The van der Waals surface area contributed by atoms with Crippen LogP contribution in [0.1, 0.15) is 59.8 Å². The van der Waals surface area contributed by atoms with Gasteiger partial charge in [-0.1, -0.05) is 53.4 Å². The quantitative estimate of drug-likeness (QED) is 0.235. The molecule has 0 aromatic heterocycles. The van der Waals surface area contributed by atoms with E-state index in [2.05, 4.69) is 0 Å². The molecule has 0 aromatic carbocycles. The van der Waals surface area contributed by atoms with Crippen molar-refractivity contribution in [3.63, 3.8) is 0 Å². The lowest BCUT2D eigenvalue weighted by Crippen LogP contribution is -2.53. The number of nitrogens with zero attached hydrogens (tertiary/aromatic N) is 1. The van der Waals surface area contributed by atoms with Crippen LogP contribution in [-0.4, -0.2) is 31.6 Å². The molecular weight excluding hydrogens is 327 g/mol. The summed E-state index contributed by atoms with van der Waals surface area (Å²) in [7, 11) is -2.53. The molecule has 0 aliphatic rings. The van der Waals surface area contributed by atoms with E-state index in [1.54, 1.807) is 0 Å². The van der Waals surface area contributed by atoms with E-state index >= 15 is 0 Å². The number of alkyl halides is 3. The second kappa shape index (κ2) is 8.46. The van der Waals surface area contributed by atoms with E-state index in [1.807, 2.05) is 40.8 Å². The Bertz CT molecular complexity index is 381. The third-order valence-corrected chi connectivity index (χ3v) is 9.01. The Morgan fingerprint density at radius 2 is 1.65 bits per heavy atom. The van der Waals surface area contributed by atoms with Crippen LogP contribution in [0.3, 0.4) is 0 Å². The van der Waals surface area contributed by atoms with Gasteiger partial charge in [0.2, 0.25) is 0 Å². The molecule has 0 unspecified atom stereocenters. The molecule has 0 N–H and O–H groups in total. The van der Waals surface area contributed by atoms with E-state index in [0.717, 1.165) is 19.3 Å². The molecular formula is C15H30F3NO3Si. The van der Waals surface area contributed by atoms with Gasteiger partial charge in [-0.05, 0) is 24.6 Å². The fourth-order valence-electron chi connectivity index (χ4n) is 2.07. The van der Waals surface area contributed by atoms with E-state index in [0.29, 0.717) is 6.42 Å². The summed E-state index contributed by atoms with van der Waals surface area (Å²) in [6.45, 7) is 11.4. The molecule has 8 heteroatoms. The van der Waals surface area contributed by atoms with Crippen molar-refractivity contribution in [2.24, 2.45) is 0 Å². The molecule has 2 atom stereocenters. The zero-order valence-corrected chi connectivity index (χ0v) is 16.0. The third kappa shape index (κ3) is 7.20. The molecule has 0 bridgehead atoms. The molecule has 0 saturated heterocycles. The van der Waals surface area contributed by atoms with Crippen LogP contribution in [0, 0.1) is 10.1 Å². The minimum absolute atomic E-state index is 0.0671. The topological polar surface area (TPSA) is 52.4 Å². The molecule has 0 rings (SSSR count). The molecule has 0 spiro atoms. The largest absolute Gasteiger partial charge is 0.460 e. The van der Waals surface area contributed by atoms with Crippen molar-refractivity contribution in [2.75, 3.05) is 0 Å². The molecule has 0 aliphatic heterocycles. The standard InChI is InChI=1S/C15H30F3NO3Si/c1-7-8-9-10-11-12(13(19(20)21)15(16,17)18)22-23(5,6)14(2,3)4/h12-13H,7-11H2,1-6H3/t12-,13-/m0/s1. The monoisotopic (exact) mass is 357 g/mol.